The van der Waals surface area contributed by atoms with Crippen LogP contribution in [0.1, 0.15) is 32.1 Å². The van der Waals surface area contributed by atoms with E-state index in [4.69, 9.17) is 5.21 Å². The SMILES string of the molecule is O=C(CCCCC[C@H](NS(=O)(=O)c1ccc2ccccc2c1)C(=O)Nc1ccccc1)NO. The molecule has 0 aliphatic rings. The van der Waals surface area contributed by atoms with Gasteiger partial charge in [0.25, 0.3) is 0 Å². The fourth-order valence-electron chi connectivity index (χ4n) is 3.45. The highest BCUT2D eigenvalue weighted by molar-refractivity contribution is 7.89. The molecule has 0 unspecified atom stereocenters. The van der Waals surface area contributed by atoms with Gasteiger partial charge in [0.2, 0.25) is 21.8 Å². The second-order valence-corrected chi connectivity index (χ2v) is 9.39. The van der Waals surface area contributed by atoms with Gasteiger partial charge in [-0.05, 0) is 47.9 Å². The Morgan fingerprint density at radius 1 is 0.848 bits per heavy atom. The number of hydrogen-bond donors (Lipinski definition) is 4. The highest BCUT2D eigenvalue weighted by atomic mass is 32.2. The van der Waals surface area contributed by atoms with E-state index in [-0.39, 0.29) is 17.7 Å². The van der Waals surface area contributed by atoms with Gasteiger partial charge in [-0.2, -0.15) is 4.72 Å². The highest BCUT2D eigenvalue weighted by Crippen LogP contribution is 2.20. The summed E-state index contributed by atoms with van der Waals surface area (Å²) in [7, 11) is -3.96. The number of carbonyl (C=O) groups is 2. The number of anilines is 1. The monoisotopic (exact) mass is 469 g/mol. The van der Waals surface area contributed by atoms with Crippen LogP contribution in [0.25, 0.3) is 10.8 Å². The van der Waals surface area contributed by atoms with Crippen LogP contribution in [0.2, 0.25) is 0 Å². The maximum absolute atomic E-state index is 13.1. The minimum atomic E-state index is -3.96. The molecule has 174 valence electrons. The quantitative estimate of drug-likeness (QED) is 0.194. The van der Waals surface area contributed by atoms with Crippen LogP contribution < -0.4 is 15.5 Å². The van der Waals surface area contributed by atoms with E-state index < -0.39 is 27.9 Å². The molecule has 3 aromatic rings. The lowest BCUT2D eigenvalue weighted by Gasteiger charge is -2.19. The van der Waals surface area contributed by atoms with Gasteiger partial charge >= 0.3 is 0 Å². The molecular formula is C24H27N3O5S. The van der Waals surface area contributed by atoms with Gasteiger partial charge in [-0.25, -0.2) is 13.9 Å². The van der Waals surface area contributed by atoms with Crippen LogP contribution in [0.4, 0.5) is 5.69 Å². The van der Waals surface area contributed by atoms with Gasteiger partial charge in [-0.1, -0.05) is 61.4 Å². The van der Waals surface area contributed by atoms with Crippen molar-refractivity contribution in [2.24, 2.45) is 0 Å². The number of hydrogen-bond acceptors (Lipinski definition) is 5. The van der Waals surface area contributed by atoms with E-state index in [2.05, 4.69) is 10.0 Å². The molecule has 8 nitrogen and oxygen atoms in total. The summed E-state index contributed by atoms with van der Waals surface area (Å²) in [6, 6.07) is 20.1. The molecule has 0 saturated carbocycles. The molecule has 1 atom stereocenters. The van der Waals surface area contributed by atoms with Crippen molar-refractivity contribution in [1.82, 2.24) is 10.2 Å². The van der Waals surface area contributed by atoms with E-state index in [1.54, 1.807) is 41.9 Å². The van der Waals surface area contributed by atoms with Gasteiger partial charge in [-0.3, -0.25) is 14.8 Å². The standard InChI is InChI=1S/C24H27N3O5S/c28-23(26-30)14-6-2-5-13-22(24(29)25-20-11-3-1-4-12-20)27-33(31,32)21-16-15-18-9-7-8-10-19(18)17-21/h1,3-4,7-12,15-17,22,27,30H,2,5-6,13-14H2,(H,25,29)(H,26,28)/t22-/m0/s1. The summed E-state index contributed by atoms with van der Waals surface area (Å²) in [5.74, 6) is -0.941. The third-order valence-corrected chi connectivity index (χ3v) is 6.68. The Hall–Kier alpha value is -3.27. The summed E-state index contributed by atoms with van der Waals surface area (Å²) < 4.78 is 28.7. The number of amides is 2. The van der Waals surface area contributed by atoms with Crippen molar-refractivity contribution in [3.8, 4) is 0 Å². The number of para-hydroxylation sites is 1. The molecule has 3 rings (SSSR count). The maximum atomic E-state index is 13.1. The fourth-order valence-corrected chi connectivity index (χ4v) is 4.72. The Morgan fingerprint density at radius 3 is 2.27 bits per heavy atom. The first-order chi connectivity index (χ1) is 15.9. The lowest BCUT2D eigenvalue weighted by atomic mass is 10.1. The average Bonchev–Trinajstić information content (AvgIpc) is 2.83. The van der Waals surface area contributed by atoms with Crippen LogP contribution in [-0.4, -0.2) is 31.5 Å². The van der Waals surface area contributed by atoms with Crippen LogP contribution >= 0.6 is 0 Å². The number of benzene rings is 3. The summed E-state index contributed by atoms with van der Waals surface area (Å²) >= 11 is 0. The average molecular weight is 470 g/mol. The molecule has 2 amide bonds. The van der Waals surface area contributed by atoms with Gasteiger partial charge in [0.05, 0.1) is 4.90 Å². The summed E-state index contributed by atoms with van der Waals surface area (Å²) in [5, 5.41) is 13.0. The zero-order valence-corrected chi connectivity index (χ0v) is 18.8. The number of rotatable bonds is 11. The van der Waals surface area contributed by atoms with Crippen LogP contribution in [-0.2, 0) is 19.6 Å². The molecule has 9 heteroatoms. The van der Waals surface area contributed by atoms with E-state index in [9.17, 15) is 18.0 Å². The van der Waals surface area contributed by atoms with Crippen molar-refractivity contribution in [3.63, 3.8) is 0 Å². The third kappa shape index (κ3) is 7.11. The first-order valence-electron chi connectivity index (χ1n) is 10.7. The van der Waals surface area contributed by atoms with Gasteiger partial charge in [0, 0.05) is 12.1 Å². The van der Waals surface area contributed by atoms with E-state index in [1.807, 2.05) is 30.3 Å². The number of fused-ring (bicyclic) bond motifs is 1. The first kappa shape index (κ1) is 24.4. The van der Waals surface area contributed by atoms with Crippen LogP contribution in [0.3, 0.4) is 0 Å². The number of carbonyl (C=O) groups excluding carboxylic acids is 2. The molecule has 0 heterocycles. The van der Waals surface area contributed by atoms with E-state index in [0.29, 0.717) is 24.9 Å². The third-order valence-electron chi connectivity index (χ3n) is 5.21. The fraction of sp³-hybridized carbons (Fsp3) is 0.250. The van der Waals surface area contributed by atoms with Crippen LogP contribution in [0.5, 0.6) is 0 Å². The number of unbranched alkanes of at least 4 members (excludes halogenated alkanes) is 2. The van der Waals surface area contributed by atoms with Crippen molar-refractivity contribution in [2.45, 2.75) is 43.0 Å². The van der Waals surface area contributed by atoms with E-state index in [0.717, 1.165) is 10.8 Å². The molecule has 0 spiro atoms. The van der Waals surface area contributed by atoms with Crippen molar-refractivity contribution in [2.75, 3.05) is 5.32 Å². The maximum Gasteiger partial charge on any atom is 0.243 e. The Kier molecular flexibility index (Phi) is 8.53. The zero-order valence-electron chi connectivity index (χ0n) is 18.0. The number of hydroxylamine groups is 1. The molecule has 0 radical (unpaired) electrons. The summed E-state index contributed by atoms with van der Waals surface area (Å²) in [4.78, 5) is 24.1. The molecule has 0 aromatic heterocycles. The zero-order chi connectivity index (χ0) is 23.7. The van der Waals surface area contributed by atoms with Gasteiger partial charge in [0.1, 0.15) is 6.04 Å². The molecule has 0 saturated heterocycles. The van der Waals surface area contributed by atoms with Crippen molar-refractivity contribution in [3.05, 3.63) is 72.8 Å². The van der Waals surface area contributed by atoms with Gasteiger partial charge < -0.3 is 5.32 Å². The van der Waals surface area contributed by atoms with Gasteiger partial charge in [0.15, 0.2) is 0 Å². The molecule has 0 bridgehead atoms. The lowest BCUT2D eigenvalue weighted by Crippen LogP contribution is -2.43. The minimum absolute atomic E-state index is 0.0818. The molecule has 0 aliphatic carbocycles. The summed E-state index contributed by atoms with van der Waals surface area (Å²) in [6.45, 7) is 0. The Bertz CT molecular complexity index is 1200. The Morgan fingerprint density at radius 2 is 1.55 bits per heavy atom. The topological polar surface area (TPSA) is 125 Å². The van der Waals surface area contributed by atoms with Gasteiger partial charge in [-0.15, -0.1) is 0 Å². The molecule has 33 heavy (non-hydrogen) atoms. The van der Waals surface area contributed by atoms with E-state index in [1.165, 1.54) is 6.07 Å². The normalized spacial score (nSPS) is 12.3. The summed E-state index contributed by atoms with van der Waals surface area (Å²) in [5.41, 5.74) is 2.14. The largest absolute Gasteiger partial charge is 0.325 e. The first-order valence-corrected chi connectivity index (χ1v) is 12.2. The molecule has 0 fully saturated rings. The summed E-state index contributed by atoms with van der Waals surface area (Å²) in [6.07, 6.45) is 2.04. The molecular weight excluding hydrogens is 442 g/mol. The lowest BCUT2D eigenvalue weighted by molar-refractivity contribution is -0.129. The predicted molar refractivity (Wildman–Crippen MR) is 126 cm³/mol. The van der Waals surface area contributed by atoms with Crippen molar-refractivity contribution < 1.29 is 23.2 Å². The molecule has 3 aromatic carbocycles. The van der Waals surface area contributed by atoms with E-state index >= 15 is 0 Å². The highest BCUT2D eigenvalue weighted by Gasteiger charge is 2.26. The van der Waals surface area contributed by atoms with Crippen molar-refractivity contribution in [1.29, 1.82) is 0 Å². The molecule has 4 N–H and O–H groups in total. The smallest absolute Gasteiger partial charge is 0.243 e. The number of nitrogens with one attached hydrogen (secondary N) is 3. The Labute approximate surface area is 193 Å². The predicted octanol–water partition coefficient (Wildman–Crippen LogP) is 3.58. The second-order valence-electron chi connectivity index (χ2n) is 7.67. The minimum Gasteiger partial charge on any atom is -0.325 e. The van der Waals surface area contributed by atoms with Crippen LogP contribution in [0.15, 0.2) is 77.7 Å². The van der Waals surface area contributed by atoms with Crippen molar-refractivity contribution >= 4 is 38.3 Å². The second kappa shape index (κ2) is 11.6. The molecule has 0 aliphatic heterocycles. The number of sulfonamides is 1. The van der Waals surface area contributed by atoms with Crippen LogP contribution in [0, 0.1) is 0 Å². The Balaban J connectivity index is 1.73.